The molecule has 152 valence electrons. The number of para-hydroxylation sites is 1. The smallest absolute Gasteiger partial charge is 0.296 e. The number of nitrogens with zero attached hydrogens (tertiary/aromatic N) is 3. The molecular formula is C22H24BrClN4O. The maximum atomic E-state index is 12.8. The molecule has 2 aromatic carbocycles. The number of hydrogen-bond donors (Lipinski definition) is 1. The van der Waals surface area contributed by atoms with Crippen LogP contribution >= 0.6 is 11.6 Å². The molecule has 0 radical (unpaired) electrons. The average molecular weight is 476 g/mol. The molecule has 0 spiro atoms. The van der Waals surface area contributed by atoms with Gasteiger partial charge in [0.25, 0.3) is 5.82 Å². The van der Waals surface area contributed by atoms with Crippen LogP contribution in [0.3, 0.4) is 0 Å². The van der Waals surface area contributed by atoms with Crippen molar-refractivity contribution in [2.75, 3.05) is 5.32 Å². The molecule has 1 N–H and O–H groups in total. The van der Waals surface area contributed by atoms with Crippen LogP contribution in [0.5, 0.6) is 0 Å². The molecule has 0 atom stereocenters. The van der Waals surface area contributed by atoms with E-state index in [1.165, 1.54) is 6.42 Å². The Kier molecular flexibility index (Phi) is 7.45. The molecule has 7 heteroatoms. The third-order valence-corrected chi connectivity index (χ3v) is 5.38. The van der Waals surface area contributed by atoms with Crippen molar-refractivity contribution in [2.24, 2.45) is 0 Å². The maximum absolute atomic E-state index is 12.8. The largest absolute Gasteiger partial charge is 1.00 e. The van der Waals surface area contributed by atoms with Gasteiger partial charge in [0.1, 0.15) is 6.54 Å². The van der Waals surface area contributed by atoms with Crippen molar-refractivity contribution < 1.29 is 26.3 Å². The number of anilines is 1. The van der Waals surface area contributed by atoms with Gasteiger partial charge in [0.15, 0.2) is 12.3 Å². The quantitative estimate of drug-likeness (QED) is 0.428. The van der Waals surface area contributed by atoms with Gasteiger partial charge < -0.3 is 22.3 Å². The zero-order valence-electron chi connectivity index (χ0n) is 16.2. The summed E-state index contributed by atoms with van der Waals surface area (Å²) in [6, 6.07) is 17.2. The lowest BCUT2D eigenvalue weighted by atomic mass is 10.1. The van der Waals surface area contributed by atoms with Gasteiger partial charge in [-0.15, -0.1) is 4.68 Å². The van der Waals surface area contributed by atoms with Crippen LogP contribution in [0, 0.1) is 0 Å². The van der Waals surface area contributed by atoms with Crippen molar-refractivity contribution in [3.63, 3.8) is 0 Å². The Morgan fingerprint density at radius 3 is 2.59 bits per heavy atom. The van der Waals surface area contributed by atoms with Gasteiger partial charge >= 0.3 is 0 Å². The van der Waals surface area contributed by atoms with E-state index in [1.807, 2.05) is 35.0 Å². The van der Waals surface area contributed by atoms with E-state index in [4.69, 9.17) is 16.7 Å². The number of nitrogens with one attached hydrogen (secondary N) is 1. The third-order valence-electron chi connectivity index (χ3n) is 5.12. The zero-order valence-corrected chi connectivity index (χ0v) is 18.5. The molecule has 0 saturated carbocycles. The summed E-state index contributed by atoms with van der Waals surface area (Å²) in [4.78, 5) is 12.8. The number of benzene rings is 2. The van der Waals surface area contributed by atoms with Gasteiger partial charge in [-0.2, -0.15) is 0 Å². The van der Waals surface area contributed by atoms with Crippen molar-refractivity contribution in [1.29, 1.82) is 0 Å². The molecule has 29 heavy (non-hydrogen) atoms. The van der Waals surface area contributed by atoms with Crippen molar-refractivity contribution in [2.45, 2.75) is 45.3 Å². The van der Waals surface area contributed by atoms with Gasteiger partial charge in [0, 0.05) is 27.8 Å². The molecule has 0 aliphatic carbocycles. The van der Waals surface area contributed by atoms with E-state index in [2.05, 4.69) is 9.88 Å². The van der Waals surface area contributed by atoms with E-state index in [0.717, 1.165) is 43.1 Å². The Morgan fingerprint density at radius 1 is 1.07 bits per heavy atom. The number of Topliss-reactive ketones (excluding diaryl/α,β-unsaturated/α-hetero) is 1. The number of rotatable bonds is 6. The lowest BCUT2D eigenvalue weighted by Crippen LogP contribution is -3.00. The Hall–Kier alpha value is -2.18. The maximum Gasteiger partial charge on any atom is 0.296 e. The second-order valence-corrected chi connectivity index (χ2v) is 7.54. The molecule has 5 nitrogen and oxygen atoms in total. The molecular weight excluding hydrogens is 452 g/mol. The van der Waals surface area contributed by atoms with E-state index >= 15 is 0 Å². The molecule has 0 unspecified atom stereocenters. The first kappa shape index (κ1) is 21.5. The van der Waals surface area contributed by atoms with Gasteiger partial charge in [-0.1, -0.05) is 29.8 Å². The molecule has 2 heterocycles. The summed E-state index contributed by atoms with van der Waals surface area (Å²) in [5.74, 6) is 2.17. The molecule has 4 rings (SSSR count). The minimum Gasteiger partial charge on any atom is -1.00 e. The lowest BCUT2D eigenvalue weighted by Gasteiger charge is -2.04. The standard InChI is InChI=1S/C22H24ClN4O.BrH/c23-18-12-10-17(11-13-18)20(28)16-27-22-9-5-2-6-14-26(22)21(25-27)15-24-19-7-3-1-4-8-19;/h1,3-4,7-8,10-13,24H,2,5-6,9,14-16H2;1H/q+1;/p-1. The second-order valence-electron chi connectivity index (χ2n) is 7.10. The molecule has 1 aromatic heterocycles. The number of aromatic nitrogens is 3. The van der Waals surface area contributed by atoms with Crippen LogP contribution in [0.1, 0.15) is 41.3 Å². The Labute approximate surface area is 186 Å². The zero-order chi connectivity index (χ0) is 19.3. The molecule has 0 bridgehead atoms. The highest BCUT2D eigenvalue weighted by molar-refractivity contribution is 6.30. The first-order chi connectivity index (χ1) is 13.7. The van der Waals surface area contributed by atoms with Crippen LogP contribution < -0.4 is 26.9 Å². The highest BCUT2D eigenvalue weighted by Gasteiger charge is 2.28. The van der Waals surface area contributed by atoms with Gasteiger partial charge in [-0.05, 0) is 55.7 Å². The fourth-order valence-corrected chi connectivity index (χ4v) is 3.77. The highest BCUT2D eigenvalue weighted by Crippen LogP contribution is 2.14. The summed E-state index contributed by atoms with van der Waals surface area (Å²) in [5.41, 5.74) is 1.73. The second kappa shape index (κ2) is 10.0. The van der Waals surface area contributed by atoms with Crippen LogP contribution in [0.15, 0.2) is 54.6 Å². The van der Waals surface area contributed by atoms with Gasteiger partial charge in [0.05, 0.1) is 6.54 Å². The van der Waals surface area contributed by atoms with Crippen molar-refractivity contribution in [3.05, 3.63) is 76.8 Å². The van der Waals surface area contributed by atoms with Crippen LogP contribution in [-0.4, -0.2) is 15.6 Å². The molecule has 0 amide bonds. The summed E-state index contributed by atoms with van der Waals surface area (Å²) >= 11 is 5.94. The summed E-state index contributed by atoms with van der Waals surface area (Å²) in [6.07, 6.45) is 4.43. The predicted octanol–water partition coefficient (Wildman–Crippen LogP) is 1.05. The molecule has 1 aliphatic rings. The highest BCUT2D eigenvalue weighted by atomic mass is 79.9. The minimum absolute atomic E-state index is 0. The number of carbonyl (C=O) groups is 1. The number of halogens is 2. The fraction of sp³-hybridized carbons (Fsp3) is 0.318. The number of carbonyl (C=O) groups excluding carboxylic acids is 1. The van der Waals surface area contributed by atoms with Crippen molar-refractivity contribution >= 4 is 23.1 Å². The Bertz CT molecular complexity index is 957. The Morgan fingerprint density at radius 2 is 1.83 bits per heavy atom. The average Bonchev–Trinajstić information content (AvgIpc) is 2.88. The van der Waals surface area contributed by atoms with Gasteiger partial charge in [-0.3, -0.25) is 4.79 Å². The third kappa shape index (κ3) is 5.25. The number of fused-ring (bicyclic) bond motifs is 1. The van der Waals surface area contributed by atoms with Crippen molar-refractivity contribution in [1.82, 2.24) is 9.78 Å². The molecule has 3 aromatic rings. The Balaban J connectivity index is 0.00000240. The fourth-order valence-electron chi connectivity index (χ4n) is 3.65. The van der Waals surface area contributed by atoms with Gasteiger partial charge in [0.2, 0.25) is 5.82 Å². The first-order valence-electron chi connectivity index (χ1n) is 9.77. The normalized spacial score (nSPS) is 13.1. The van der Waals surface area contributed by atoms with Crippen LogP contribution in [0.4, 0.5) is 5.69 Å². The van der Waals surface area contributed by atoms with E-state index in [-0.39, 0.29) is 29.3 Å². The van der Waals surface area contributed by atoms with E-state index < -0.39 is 0 Å². The summed E-state index contributed by atoms with van der Waals surface area (Å²) < 4.78 is 4.18. The van der Waals surface area contributed by atoms with Crippen LogP contribution in [0.25, 0.3) is 0 Å². The van der Waals surface area contributed by atoms with Crippen molar-refractivity contribution in [3.8, 4) is 0 Å². The topological polar surface area (TPSA) is 50.8 Å². The molecule has 0 fully saturated rings. The van der Waals surface area contributed by atoms with Crippen LogP contribution in [-0.2, 0) is 26.1 Å². The summed E-state index contributed by atoms with van der Waals surface area (Å²) in [7, 11) is 0. The van der Waals surface area contributed by atoms with Gasteiger partial charge in [-0.25, -0.2) is 4.57 Å². The van der Waals surface area contributed by atoms with E-state index in [9.17, 15) is 4.79 Å². The SMILES string of the molecule is O=C(Cn1nc(CNc2ccccc2)[n+]2c1CCCCC2)c1ccc(Cl)cc1.[Br-]. The van der Waals surface area contributed by atoms with Crippen LogP contribution in [0.2, 0.25) is 5.02 Å². The summed E-state index contributed by atoms with van der Waals surface area (Å²) in [5, 5.41) is 8.88. The number of hydrogen-bond acceptors (Lipinski definition) is 3. The number of ketones is 1. The van der Waals surface area contributed by atoms with E-state index in [1.54, 1.807) is 24.3 Å². The summed E-state index contributed by atoms with van der Waals surface area (Å²) in [6.45, 7) is 1.84. The lowest BCUT2D eigenvalue weighted by molar-refractivity contribution is -0.710. The minimum atomic E-state index is 0. The molecule has 0 saturated heterocycles. The first-order valence-corrected chi connectivity index (χ1v) is 10.1. The monoisotopic (exact) mass is 474 g/mol. The predicted molar refractivity (Wildman–Crippen MR) is 110 cm³/mol. The van der Waals surface area contributed by atoms with E-state index in [0.29, 0.717) is 17.1 Å². The molecule has 1 aliphatic heterocycles.